The third-order valence-corrected chi connectivity index (χ3v) is 9.26. The number of aryl methyl sites for hydroxylation is 1. The lowest BCUT2D eigenvalue weighted by Crippen LogP contribution is -2.33. The maximum Gasteiger partial charge on any atom is 0.135 e. The van der Waals surface area contributed by atoms with E-state index < -0.39 is 0 Å². The molecule has 2 saturated carbocycles. The molecular weight excluding hydrogens is 412 g/mol. The zero-order valence-electron chi connectivity index (χ0n) is 19.6. The van der Waals surface area contributed by atoms with Crippen LogP contribution in [0.2, 0.25) is 0 Å². The Morgan fingerprint density at radius 3 is 2.06 bits per heavy atom. The Hall–Kier alpha value is -3.32. The van der Waals surface area contributed by atoms with Crippen LogP contribution in [0, 0.1) is 18.8 Å². The van der Waals surface area contributed by atoms with Crippen molar-refractivity contribution in [2.24, 2.45) is 11.8 Å². The van der Waals surface area contributed by atoms with E-state index in [2.05, 4.69) is 91.9 Å². The third kappa shape index (κ3) is 2.26. The Balaban J connectivity index is 1.50. The van der Waals surface area contributed by atoms with Gasteiger partial charge in [-0.1, -0.05) is 90.8 Å². The number of ether oxygens (including phenoxy) is 1. The molecule has 1 heterocycles. The van der Waals surface area contributed by atoms with E-state index in [9.17, 15) is 0 Å². The van der Waals surface area contributed by atoms with Crippen molar-refractivity contribution in [2.45, 2.75) is 43.9 Å². The van der Waals surface area contributed by atoms with Crippen LogP contribution in [0.1, 0.15) is 65.0 Å². The van der Waals surface area contributed by atoms with Gasteiger partial charge in [-0.25, -0.2) is 0 Å². The maximum absolute atomic E-state index is 6.90. The zero-order valence-corrected chi connectivity index (χ0v) is 19.6. The first-order valence-electron chi connectivity index (χ1n) is 12.9. The van der Waals surface area contributed by atoms with Crippen LogP contribution in [0.4, 0.5) is 0 Å². The van der Waals surface area contributed by atoms with Gasteiger partial charge in [0.2, 0.25) is 0 Å². The first-order valence-corrected chi connectivity index (χ1v) is 12.9. The van der Waals surface area contributed by atoms with Gasteiger partial charge in [-0.05, 0) is 77.8 Å². The molecule has 0 amide bonds. The van der Waals surface area contributed by atoms with E-state index in [1.807, 2.05) is 0 Å². The number of para-hydroxylation sites is 1. The average Bonchev–Trinajstić information content (AvgIpc) is 3.58. The first kappa shape index (κ1) is 19.0. The van der Waals surface area contributed by atoms with Gasteiger partial charge in [-0.15, -0.1) is 0 Å². The molecule has 3 atom stereocenters. The van der Waals surface area contributed by atoms with E-state index in [1.54, 1.807) is 0 Å². The smallest absolute Gasteiger partial charge is 0.135 e. The van der Waals surface area contributed by atoms with Crippen molar-refractivity contribution < 1.29 is 4.74 Å². The molecule has 1 spiro atoms. The van der Waals surface area contributed by atoms with Gasteiger partial charge in [-0.3, -0.25) is 0 Å². The summed E-state index contributed by atoms with van der Waals surface area (Å²) in [5, 5.41) is 0. The summed E-state index contributed by atoms with van der Waals surface area (Å²) >= 11 is 0. The second kappa shape index (κ2) is 6.63. The molecule has 3 aliphatic carbocycles. The van der Waals surface area contributed by atoms with Crippen molar-refractivity contribution in [2.75, 3.05) is 0 Å². The van der Waals surface area contributed by atoms with Crippen molar-refractivity contribution in [3.63, 3.8) is 0 Å². The van der Waals surface area contributed by atoms with Gasteiger partial charge in [0.25, 0.3) is 0 Å². The second-order valence-electron chi connectivity index (χ2n) is 11.0. The van der Waals surface area contributed by atoms with Crippen molar-refractivity contribution in [1.29, 1.82) is 0 Å². The van der Waals surface area contributed by atoms with Gasteiger partial charge in [0.15, 0.2) is 0 Å². The lowest BCUT2D eigenvalue weighted by molar-refractivity contribution is 0.387. The summed E-state index contributed by atoms with van der Waals surface area (Å²) in [6, 6.07) is 31.7. The highest BCUT2D eigenvalue weighted by Crippen LogP contribution is 2.64. The Morgan fingerprint density at radius 1 is 0.706 bits per heavy atom. The molecular formula is C33H28O. The maximum atomic E-state index is 6.90. The van der Waals surface area contributed by atoms with E-state index in [0.29, 0.717) is 5.92 Å². The number of benzene rings is 4. The molecule has 0 saturated heterocycles. The Labute approximate surface area is 201 Å². The SMILES string of the molecule is Cc1cc(C2CC3CCC2C3)c2c(c1)C1(c3ccccc3O2)c2ccccc2-c2ccccc21. The highest BCUT2D eigenvalue weighted by Gasteiger charge is 2.52. The predicted molar refractivity (Wildman–Crippen MR) is 137 cm³/mol. The van der Waals surface area contributed by atoms with E-state index in [4.69, 9.17) is 4.74 Å². The quantitative estimate of drug-likeness (QED) is 0.249. The number of fused-ring (bicyclic) bond motifs is 11. The Kier molecular flexibility index (Phi) is 3.71. The van der Waals surface area contributed by atoms with Gasteiger partial charge >= 0.3 is 0 Å². The molecule has 166 valence electrons. The molecule has 4 aromatic carbocycles. The molecule has 2 bridgehead atoms. The molecule has 1 nitrogen and oxygen atoms in total. The molecule has 0 radical (unpaired) electrons. The second-order valence-corrected chi connectivity index (χ2v) is 11.0. The largest absolute Gasteiger partial charge is 0.456 e. The fourth-order valence-electron chi connectivity index (χ4n) is 8.03. The summed E-state index contributed by atoms with van der Waals surface area (Å²) in [5.41, 5.74) is 10.5. The van der Waals surface area contributed by atoms with Crippen molar-refractivity contribution in [3.05, 3.63) is 118 Å². The van der Waals surface area contributed by atoms with E-state index >= 15 is 0 Å². The Bertz CT molecular complexity index is 1430. The molecule has 0 N–H and O–H groups in total. The van der Waals surface area contributed by atoms with Crippen molar-refractivity contribution >= 4 is 0 Å². The van der Waals surface area contributed by atoms with Crippen molar-refractivity contribution in [3.8, 4) is 22.6 Å². The summed E-state index contributed by atoms with van der Waals surface area (Å²) in [4.78, 5) is 0. The molecule has 1 aliphatic heterocycles. The molecule has 4 aromatic rings. The summed E-state index contributed by atoms with van der Waals surface area (Å²) in [6.07, 6.45) is 5.53. The normalized spacial score (nSPS) is 24.3. The lowest BCUT2D eigenvalue weighted by atomic mass is 9.65. The summed E-state index contributed by atoms with van der Waals surface area (Å²) in [5.74, 6) is 4.49. The van der Waals surface area contributed by atoms with Gasteiger partial charge < -0.3 is 4.74 Å². The number of hydrogen-bond acceptors (Lipinski definition) is 1. The highest BCUT2D eigenvalue weighted by atomic mass is 16.5. The number of hydrogen-bond donors (Lipinski definition) is 0. The standard InChI is InChI=1S/C33H28O/c1-20-16-26(25-19-21-14-15-22(25)18-21)32-30(17-20)33(29-12-6-7-13-31(29)34-32)27-10-4-2-8-23(27)24-9-3-5-11-28(24)33/h2-13,16-17,21-22,25H,14-15,18-19H2,1H3. The molecule has 1 heteroatoms. The van der Waals surface area contributed by atoms with Gasteiger partial charge in [-0.2, -0.15) is 0 Å². The topological polar surface area (TPSA) is 9.23 Å². The molecule has 4 aliphatic rings. The Morgan fingerprint density at radius 2 is 1.38 bits per heavy atom. The summed E-state index contributed by atoms with van der Waals surface area (Å²) in [6.45, 7) is 2.28. The average molecular weight is 441 g/mol. The van der Waals surface area contributed by atoms with Gasteiger partial charge in [0.1, 0.15) is 11.5 Å². The van der Waals surface area contributed by atoms with Crippen LogP contribution in [0.5, 0.6) is 11.5 Å². The minimum absolute atomic E-state index is 0.338. The van der Waals surface area contributed by atoms with Crippen LogP contribution >= 0.6 is 0 Å². The summed E-state index contributed by atoms with van der Waals surface area (Å²) in [7, 11) is 0. The van der Waals surface area contributed by atoms with Gasteiger partial charge in [0.05, 0.1) is 5.41 Å². The third-order valence-electron chi connectivity index (χ3n) is 9.26. The highest BCUT2D eigenvalue weighted by molar-refractivity contribution is 5.88. The van der Waals surface area contributed by atoms with Crippen molar-refractivity contribution in [1.82, 2.24) is 0 Å². The monoisotopic (exact) mass is 440 g/mol. The van der Waals surface area contributed by atoms with E-state index in [-0.39, 0.29) is 5.41 Å². The summed E-state index contributed by atoms with van der Waals surface area (Å²) < 4.78 is 6.90. The lowest BCUT2D eigenvalue weighted by Gasteiger charge is -2.41. The molecule has 3 unspecified atom stereocenters. The fraction of sp³-hybridized carbons (Fsp3) is 0.273. The predicted octanol–water partition coefficient (Wildman–Crippen LogP) is 8.37. The zero-order chi connectivity index (χ0) is 22.4. The first-order chi connectivity index (χ1) is 16.7. The van der Waals surface area contributed by atoms with E-state index in [1.165, 1.54) is 70.2 Å². The molecule has 8 rings (SSSR count). The molecule has 0 aromatic heterocycles. The minimum Gasteiger partial charge on any atom is -0.456 e. The van der Waals surface area contributed by atoms with Crippen LogP contribution in [0.25, 0.3) is 11.1 Å². The van der Waals surface area contributed by atoms with Crippen LogP contribution in [0.3, 0.4) is 0 Å². The van der Waals surface area contributed by atoms with Crippen LogP contribution in [0.15, 0.2) is 84.9 Å². The minimum atomic E-state index is -0.338. The van der Waals surface area contributed by atoms with Crippen LogP contribution in [-0.2, 0) is 5.41 Å². The molecule has 2 fully saturated rings. The fourth-order valence-corrected chi connectivity index (χ4v) is 8.03. The molecule has 34 heavy (non-hydrogen) atoms. The van der Waals surface area contributed by atoms with Crippen LogP contribution in [-0.4, -0.2) is 0 Å². The van der Waals surface area contributed by atoms with E-state index in [0.717, 1.165) is 23.3 Å². The number of rotatable bonds is 1. The van der Waals surface area contributed by atoms with Crippen LogP contribution < -0.4 is 4.74 Å². The van der Waals surface area contributed by atoms with Gasteiger partial charge in [0, 0.05) is 11.1 Å².